The van der Waals surface area contributed by atoms with Crippen molar-refractivity contribution in [3.05, 3.63) is 58.6 Å². The Labute approximate surface area is 141 Å². The Balaban J connectivity index is 1.73. The van der Waals surface area contributed by atoms with Crippen LogP contribution in [0.15, 0.2) is 42.5 Å². The first-order chi connectivity index (χ1) is 11.1. The molecule has 0 aliphatic rings. The predicted octanol–water partition coefficient (Wildman–Crippen LogP) is 4.41. The van der Waals surface area contributed by atoms with Gasteiger partial charge in [-0.25, -0.2) is 4.79 Å². The van der Waals surface area contributed by atoms with Crippen LogP contribution >= 0.6 is 11.6 Å². The highest BCUT2D eigenvalue weighted by Gasteiger charge is 2.06. The van der Waals surface area contributed by atoms with Crippen molar-refractivity contribution in [3.63, 3.8) is 0 Å². The highest BCUT2D eigenvalue weighted by Crippen LogP contribution is 2.22. The largest absolute Gasteiger partial charge is 0.492 e. The van der Waals surface area contributed by atoms with Gasteiger partial charge in [0.15, 0.2) is 0 Å². The van der Waals surface area contributed by atoms with Gasteiger partial charge in [-0.2, -0.15) is 0 Å². The zero-order chi connectivity index (χ0) is 16.7. The second-order valence-corrected chi connectivity index (χ2v) is 5.55. The van der Waals surface area contributed by atoms with E-state index >= 15 is 0 Å². The Morgan fingerprint density at radius 2 is 1.91 bits per heavy atom. The van der Waals surface area contributed by atoms with Crippen molar-refractivity contribution in [1.82, 2.24) is 5.32 Å². The third-order valence-corrected chi connectivity index (χ3v) is 3.91. The van der Waals surface area contributed by atoms with Gasteiger partial charge in [0.05, 0.1) is 6.54 Å². The van der Waals surface area contributed by atoms with Crippen LogP contribution in [0.1, 0.15) is 18.1 Å². The van der Waals surface area contributed by atoms with Crippen molar-refractivity contribution in [2.24, 2.45) is 0 Å². The molecule has 0 atom stereocenters. The summed E-state index contributed by atoms with van der Waals surface area (Å²) in [5, 5.41) is 6.15. The average molecular weight is 333 g/mol. The van der Waals surface area contributed by atoms with Crippen molar-refractivity contribution >= 4 is 23.3 Å². The van der Waals surface area contributed by atoms with Crippen LogP contribution in [0.3, 0.4) is 0 Å². The molecule has 2 N–H and O–H groups in total. The standard InChI is InChI=1S/C18H21ClN2O2/c1-3-14-7-9-15(10-8-14)23-12-11-20-18(22)21-17-6-4-5-16(19)13(17)2/h4-10H,3,11-12H2,1-2H3,(H2,20,21,22). The summed E-state index contributed by atoms with van der Waals surface area (Å²) < 4.78 is 5.59. The van der Waals surface area contributed by atoms with E-state index in [2.05, 4.69) is 17.6 Å². The number of halogens is 1. The molecule has 2 rings (SSSR count). The van der Waals surface area contributed by atoms with Crippen molar-refractivity contribution in [3.8, 4) is 5.75 Å². The van der Waals surface area contributed by atoms with Crippen molar-refractivity contribution in [1.29, 1.82) is 0 Å². The fourth-order valence-corrected chi connectivity index (χ4v) is 2.24. The van der Waals surface area contributed by atoms with E-state index in [-0.39, 0.29) is 6.03 Å². The minimum atomic E-state index is -0.278. The quantitative estimate of drug-likeness (QED) is 0.770. The van der Waals surface area contributed by atoms with Gasteiger partial charge < -0.3 is 15.4 Å². The summed E-state index contributed by atoms with van der Waals surface area (Å²) in [5.41, 5.74) is 2.81. The summed E-state index contributed by atoms with van der Waals surface area (Å²) in [5.74, 6) is 0.801. The van der Waals surface area contributed by atoms with Crippen LogP contribution in [0.2, 0.25) is 5.02 Å². The normalized spacial score (nSPS) is 10.2. The minimum absolute atomic E-state index is 0.278. The zero-order valence-corrected chi connectivity index (χ0v) is 14.1. The number of ether oxygens (including phenoxy) is 1. The van der Waals surface area contributed by atoms with Crippen molar-refractivity contribution in [2.45, 2.75) is 20.3 Å². The molecule has 0 bridgehead atoms. The molecular weight excluding hydrogens is 312 g/mol. The summed E-state index contributed by atoms with van der Waals surface area (Å²) in [7, 11) is 0. The van der Waals surface area contributed by atoms with E-state index < -0.39 is 0 Å². The molecule has 0 saturated heterocycles. The van der Waals surface area contributed by atoms with E-state index in [0.717, 1.165) is 17.7 Å². The number of nitrogens with one attached hydrogen (secondary N) is 2. The lowest BCUT2D eigenvalue weighted by molar-refractivity contribution is 0.247. The van der Waals surface area contributed by atoms with Gasteiger partial charge in [-0.1, -0.05) is 36.7 Å². The Kier molecular flexibility index (Phi) is 6.29. The predicted molar refractivity (Wildman–Crippen MR) is 94.5 cm³/mol. The number of carbonyl (C=O) groups excluding carboxylic acids is 1. The lowest BCUT2D eigenvalue weighted by Gasteiger charge is -2.11. The molecule has 0 aliphatic carbocycles. The second-order valence-electron chi connectivity index (χ2n) is 5.14. The van der Waals surface area contributed by atoms with Gasteiger partial charge in [-0.3, -0.25) is 0 Å². The van der Waals surface area contributed by atoms with E-state index in [0.29, 0.717) is 23.9 Å². The molecule has 2 aromatic rings. The van der Waals surface area contributed by atoms with Crippen LogP contribution in [0.4, 0.5) is 10.5 Å². The molecule has 0 fully saturated rings. The first-order valence-electron chi connectivity index (χ1n) is 7.62. The Hall–Kier alpha value is -2.20. The summed E-state index contributed by atoms with van der Waals surface area (Å²) in [6, 6.07) is 13.1. The molecule has 0 spiro atoms. The van der Waals surface area contributed by atoms with Gasteiger partial charge in [0, 0.05) is 10.7 Å². The average Bonchev–Trinajstić information content (AvgIpc) is 2.56. The number of carbonyl (C=O) groups is 1. The van der Waals surface area contributed by atoms with Crippen molar-refractivity contribution < 1.29 is 9.53 Å². The third kappa shape index (κ3) is 5.18. The number of benzene rings is 2. The number of hydrogen-bond donors (Lipinski definition) is 2. The van der Waals surface area contributed by atoms with E-state index in [4.69, 9.17) is 16.3 Å². The van der Waals surface area contributed by atoms with Gasteiger partial charge in [0.25, 0.3) is 0 Å². The molecule has 5 heteroatoms. The molecule has 0 aliphatic heterocycles. The van der Waals surface area contributed by atoms with Crippen LogP contribution in [0, 0.1) is 6.92 Å². The molecule has 23 heavy (non-hydrogen) atoms. The SMILES string of the molecule is CCc1ccc(OCCNC(=O)Nc2cccc(Cl)c2C)cc1. The monoisotopic (exact) mass is 332 g/mol. The maximum atomic E-state index is 11.8. The van der Waals surface area contributed by atoms with E-state index in [1.807, 2.05) is 37.3 Å². The van der Waals surface area contributed by atoms with Crippen LogP contribution in [-0.4, -0.2) is 19.2 Å². The van der Waals surface area contributed by atoms with Crippen LogP contribution in [0.25, 0.3) is 0 Å². The van der Waals surface area contributed by atoms with Gasteiger partial charge in [0.2, 0.25) is 0 Å². The molecule has 0 aromatic heterocycles. The maximum absolute atomic E-state index is 11.8. The Bertz CT molecular complexity index is 657. The van der Waals surface area contributed by atoms with Gasteiger partial charge in [-0.15, -0.1) is 0 Å². The first-order valence-corrected chi connectivity index (χ1v) is 7.99. The second kappa shape index (κ2) is 8.44. The van der Waals surface area contributed by atoms with E-state index in [1.165, 1.54) is 5.56 Å². The number of rotatable bonds is 6. The Morgan fingerprint density at radius 3 is 2.61 bits per heavy atom. The van der Waals surface area contributed by atoms with Gasteiger partial charge >= 0.3 is 6.03 Å². The van der Waals surface area contributed by atoms with E-state index in [9.17, 15) is 4.79 Å². The number of anilines is 1. The minimum Gasteiger partial charge on any atom is -0.492 e. The van der Waals surface area contributed by atoms with Crippen LogP contribution < -0.4 is 15.4 Å². The molecule has 122 valence electrons. The number of hydrogen-bond acceptors (Lipinski definition) is 2. The molecule has 0 radical (unpaired) electrons. The lowest BCUT2D eigenvalue weighted by Crippen LogP contribution is -2.32. The number of amides is 2. The molecular formula is C18H21ClN2O2. The smallest absolute Gasteiger partial charge is 0.319 e. The number of aryl methyl sites for hydroxylation is 1. The van der Waals surface area contributed by atoms with Crippen LogP contribution in [-0.2, 0) is 6.42 Å². The highest BCUT2D eigenvalue weighted by molar-refractivity contribution is 6.31. The zero-order valence-electron chi connectivity index (χ0n) is 13.4. The molecule has 2 amide bonds. The number of urea groups is 1. The van der Waals surface area contributed by atoms with Gasteiger partial charge in [0.1, 0.15) is 12.4 Å². The van der Waals surface area contributed by atoms with E-state index in [1.54, 1.807) is 12.1 Å². The first kappa shape index (κ1) is 17.2. The lowest BCUT2D eigenvalue weighted by atomic mass is 10.2. The summed E-state index contributed by atoms with van der Waals surface area (Å²) >= 11 is 6.02. The molecule has 0 unspecified atom stereocenters. The third-order valence-electron chi connectivity index (χ3n) is 3.50. The van der Waals surface area contributed by atoms with Gasteiger partial charge in [-0.05, 0) is 48.7 Å². The maximum Gasteiger partial charge on any atom is 0.319 e. The fourth-order valence-electron chi connectivity index (χ4n) is 2.06. The summed E-state index contributed by atoms with van der Waals surface area (Å²) in [6.07, 6.45) is 1.00. The Morgan fingerprint density at radius 1 is 1.17 bits per heavy atom. The van der Waals surface area contributed by atoms with Crippen LogP contribution in [0.5, 0.6) is 5.75 Å². The van der Waals surface area contributed by atoms with Crippen molar-refractivity contribution in [2.75, 3.05) is 18.5 Å². The summed E-state index contributed by atoms with van der Waals surface area (Å²) in [4.78, 5) is 11.8. The highest BCUT2D eigenvalue weighted by atomic mass is 35.5. The molecule has 0 saturated carbocycles. The fraction of sp³-hybridized carbons (Fsp3) is 0.278. The molecule has 2 aromatic carbocycles. The molecule has 4 nitrogen and oxygen atoms in total. The molecule has 0 heterocycles. The summed E-state index contributed by atoms with van der Waals surface area (Å²) in [6.45, 7) is 4.80. The topological polar surface area (TPSA) is 50.4 Å².